The summed E-state index contributed by atoms with van der Waals surface area (Å²) in [6.07, 6.45) is 1.83. The first-order valence-corrected chi connectivity index (χ1v) is 6.42. The zero-order valence-electron chi connectivity index (χ0n) is 10.6. The van der Waals surface area contributed by atoms with Crippen LogP contribution in [0.1, 0.15) is 16.1 Å². The topological polar surface area (TPSA) is 49.0 Å². The number of hydrogen-bond donors (Lipinski definition) is 0. The van der Waals surface area contributed by atoms with Gasteiger partial charge in [-0.1, -0.05) is 6.07 Å². The quantitative estimate of drug-likeness (QED) is 0.855. The van der Waals surface area contributed by atoms with E-state index in [0.29, 0.717) is 16.9 Å². The van der Waals surface area contributed by atoms with Crippen molar-refractivity contribution in [2.75, 3.05) is 11.9 Å². The van der Waals surface area contributed by atoms with Crippen LogP contribution >= 0.6 is 15.9 Å². The van der Waals surface area contributed by atoms with Gasteiger partial charge in [0, 0.05) is 30.5 Å². The third-order valence-corrected chi connectivity index (χ3v) is 3.29. The van der Waals surface area contributed by atoms with Gasteiger partial charge in [-0.2, -0.15) is 5.26 Å². The van der Waals surface area contributed by atoms with Crippen LogP contribution in [0.15, 0.2) is 41.0 Å². The van der Waals surface area contributed by atoms with Crippen LogP contribution in [0.3, 0.4) is 0 Å². The van der Waals surface area contributed by atoms with Crippen molar-refractivity contribution >= 4 is 27.5 Å². The van der Waals surface area contributed by atoms with Crippen molar-refractivity contribution in [3.63, 3.8) is 0 Å². The van der Waals surface area contributed by atoms with Crippen molar-refractivity contribution in [3.05, 3.63) is 52.3 Å². The molecule has 0 atom stereocenters. The zero-order chi connectivity index (χ0) is 14.0. The van der Waals surface area contributed by atoms with E-state index in [1.54, 1.807) is 41.9 Å². The monoisotopic (exact) mass is 317 g/mol. The molecule has 0 unspecified atom stereocenters. The molecule has 0 fully saturated rings. The van der Waals surface area contributed by atoms with Gasteiger partial charge in [-0.15, -0.1) is 0 Å². The van der Waals surface area contributed by atoms with Crippen molar-refractivity contribution in [1.82, 2.24) is 4.57 Å². The number of anilines is 1. The summed E-state index contributed by atoms with van der Waals surface area (Å²) in [5.41, 5.74) is 1.81. The highest BCUT2D eigenvalue weighted by Crippen LogP contribution is 2.19. The molecule has 1 aromatic carbocycles. The molecule has 0 N–H and O–H groups in total. The minimum atomic E-state index is -0.122. The van der Waals surface area contributed by atoms with Crippen molar-refractivity contribution in [2.45, 2.75) is 0 Å². The number of nitriles is 1. The molecule has 0 aliphatic rings. The van der Waals surface area contributed by atoms with Crippen LogP contribution in [0.5, 0.6) is 0 Å². The lowest BCUT2D eigenvalue weighted by Gasteiger charge is -2.17. The smallest absolute Gasteiger partial charge is 0.274 e. The summed E-state index contributed by atoms with van der Waals surface area (Å²) < 4.78 is 2.62. The second-order valence-corrected chi connectivity index (χ2v) is 5.10. The molecule has 2 aromatic rings. The fourth-order valence-electron chi connectivity index (χ4n) is 1.81. The van der Waals surface area contributed by atoms with Gasteiger partial charge in [0.25, 0.3) is 5.91 Å². The third kappa shape index (κ3) is 2.69. The summed E-state index contributed by atoms with van der Waals surface area (Å²) in [5, 5.41) is 8.88. The molecule has 19 heavy (non-hydrogen) atoms. The first kappa shape index (κ1) is 13.4. The van der Waals surface area contributed by atoms with Crippen LogP contribution in [0.4, 0.5) is 5.69 Å². The number of aromatic nitrogens is 1. The molecule has 0 aliphatic heterocycles. The Kier molecular flexibility index (Phi) is 3.72. The first-order valence-electron chi connectivity index (χ1n) is 5.63. The van der Waals surface area contributed by atoms with E-state index in [1.807, 2.05) is 13.2 Å². The Bertz CT molecular complexity index is 670. The van der Waals surface area contributed by atoms with Crippen LogP contribution < -0.4 is 4.90 Å². The summed E-state index contributed by atoms with van der Waals surface area (Å²) in [5.74, 6) is -0.122. The Balaban J connectivity index is 2.33. The number of rotatable bonds is 2. The van der Waals surface area contributed by atoms with Crippen molar-refractivity contribution in [2.24, 2.45) is 7.05 Å². The summed E-state index contributed by atoms with van der Waals surface area (Å²) in [6, 6.07) is 10.8. The second kappa shape index (κ2) is 5.29. The van der Waals surface area contributed by atoms with E-state index in [2.05, 4.69) is 22.0 Å². The number of benzene rings is 1. The zero-order valence-corrected chi connectivity index (χ0v) is 12.2. The van der Waals surface area contributed by atoms with Crippen LogP contribution in [-0.4, -0.2) is 17.5 Å². The van der Waals surface area contributed by atoms with Crippen molar-refractivity contribution < 1.29 is 4.79 Å². The van der Waals surface area contributed by atoms with E-state index < -0.39 is 0 Å². The highest BCUT2D eigenvalue weighted by Gasteiger charge is 2.17. The van der Waals surface area contributed by atoms with Crippen molar-refractivity contribution in [1.29, 1.82) is 5.26 Å². The van der Waals surface area contributed by atoms with Gasteiger partial charge < -0.3 is 9.47 Å². The molecular formula is C14H12BrN3O. The molecule has 0 saturated heterocycles. The number of carbonyl (C=O) groups excluding carboxylic acids is 1. The summed E-state index contributed by atoms with van der Waals surface area (Å²) >= 11 is 3.34. The maximum absolute atomic E-state index is 12.4. The number of nitrogens with zero attached hydrogens (tertiary/aromatic N) is 3. The summed E-state index contributed by atoms with van der Waals surface area (Å²) in [4.78, 5) is 13.9. The molecule has 1 amide bonds. The van der Waals surface area contributed by atoms with Crippen LogP contribution in [0.25, 0.3) is 0 Å². The van der Waals surface area contributed by atoms with Crippen molar-refractivity contribution in [3.8, 4) is 6.07 Å². The molecule has 0 saturated carbocycles. The first-order chi connectivity index (χ1) is 9.02. The van der Waals surface area contributed by atoms with Gasteiger partial charge in [0.05, 0.1) is 11.6 Å². The number of carbonyl (C=O) groups is 1. The molecule has 0 radical (unpaired) electrons. The molecule has 0 spiro atoms. The molecule has 96 valence electrons. The SMILES string of the molecule is CN(C(=O)c1cc(Br)cn1C)c1cccc(C#N)c1. The van der Waals surface area contributed by atoms with E-state index >= 15 is 0 Å². The van der Waals surface area contributed by atoms with Gasteiger partial charge in [-0.3, -0.25) is 4.79 Å². The van der Waals surface area contributed by atoms with Crippen LogP contribution in [0, 0.1) is 11.3 Å². The molecule has 0 bridgehead atoms. The van der Waals surface area contributed by atoms with Gasteiger partial charge in [0.1, 0.15) is 5.69 Å². The van der Waals surface area contributed by atoms with Gasteiger partial charge in [0.2, 0.25) is 0 Å². The lowest BCUT2D eigenvalue weighted by atomic mass is 10.2. The number of amides is 1. The van der Waals surface area contributed by atoms with Gasteiger partial charge >= 0.3 is 0 Å². The number of halogens is 1. The number of aryl methyl sites for hydroxylation is 1. The maximum atomic E-state index is 12.4. The Morgan fingerprint density at radius 2 is 2.16 bits per heavy atom. The highest BCUT2D eigenvalue weighted by molar-refractivity contribution is 9.10. The largest absolute Gasteiger partial charge is 0.345 e. The Morgan fingerprint density at radius 3 is 2.74 bits per heavy atom. The van der Waals surface area contributed by atoms with E-state index in [0.717, 1.165) is 4.47 Å². The molecule has 5 heteroatoms. The maximum Gasteiger partial charge on any atom is 0.274 e. The Hall–Kier alpha value is -2.06. The lowest BCUT2D eigenvalue weighted by Crippen LogP contribution is -2.27. The lowest BCUT2D eigenvalue weighted by molar-refractivity contribution is 0.0985. The third-order valence-electron chi connectivity index (χ3n) is 2.86. The summed E-state index contributed by atoms with van der Waals surface area (Å²) in [7, 11) is 3.51. The fourth-order valence-corrected chi connectivity index (χ4v) is 2.33. The molecular weight excluding hydrogens is 306 g/mol. The van der Waals surface area contributed by atoms with Gasteiger partial charge in [0.15, 0.2) is 0 Å². The standard InChI is InChI=1S/C14H12BrN3O/c1-17-9-11(15)7-13(17)14(19)18(2)12-5-3-4-10(6-12)8-16/h3-7,9H,1-2H3. The number of hydrogen-bond acceptors (Lipinski definition) is 2. The van der Waals surface area contributed by atoms with Gasteiger partial charge in [-0.25, -0.2) is 0 Å². The fraction of sp³-hybridized carbons (Fsp3) is 0.143. The predicted molar refractivity (Wildman–Crippen MR) is 77.0 cm³/mol. The molecule has 0 aliphatic carbocycles. The summed E-state index contributed by atoms with van der Waals surface area (Å²) in [6.45, 7) is 0. The van der Waals surface area contributed by atoms with E-state index in [1.165, 1.54) is 4.90 Å². The molecule has 1 heterocycles. The Labute approximate surface area is 120 Å². The van der Waals surface area contributed by atoms with E-state index in [-0.39, 0.29) is 5.91 Å². The molecule has 1 aromatic heterocycles. The second-order valence-electron chi connectivity index (χ2n) is 4.18. The average molecular weight is 318 g/mol. The van der Waals surface area contributed by atoms with Crippen LogP contribution in [-0.2, 0) is 7.05 Å². The average Bonchev–Trinajstić information content (AvgIpc) is 2.76. The van der Waals surface area contributed by atoms with E-state index in [9.17, 15) is 4.79 Å². The Morgan fingerprint density at radius 1 is 1.42 bits per heavy atom. The minimum absolute atomic E-state index is 0.122. The molecule has 4 nitrogen and oxygen atoms in total. The van der Waals surface area contributed by atoms with E-state index in [4.69, 9.17) is 5.26 Å². The van der Waals surface area contributed by atoms with Gasteiger partial charge in [-0.05, 0) is 40.2 Å². The minimum Gasteiger partial charge on any atom is -0.345 e. The predicted octanol–water partition coefficient (Wildman–Crippen LogP) is 2.94. The normalized spacial score (nSPS) is 10.0. The molecule has 2 rings (SSSR count). The van der Waals surface area contributed by atoms with Crippen LogP contribution in [0.2, 0.25) is 0 Å². The highest BCUT2D eigenvalue weighted by atomic mass is 79.9.